The van der Waals surface area contributed by atoms with E-state index in [4.69, 9.17) is 0 Å². The van der Waals surface area contributed by atoms with Gasteiger partial charge >= 0.3 is 0 Å². The van der Waals surface area contributed by atoms with Crippen LogP contribution in [0.15, 0.2) is 90.8 Å². The number of aliphatic hydroxyl groups is 1. The number of aliphatic hydroxyl groups excluding tert-OH is 1. The van der Waals surface area contributed by atoms with Crippen LogP contribution in [0, 0.1) is 11.6 Å². The number of hydrogen-bond acceptors (Lipinski definition) is 4. The van der Waals surface area contributed by atoms with Crippen LogP contribution < -0.4 is 4.90 Å². The summed E-state index contributed by atoms with van der Waals surface area (Å²) in [5.74, 6) is -4.10. The maximum absolute atomic E-state index is 14.7. The van der Waals surface area contributed by atoms with Crippen molar-refractivity contribution in [2.24, 2.45) is 0 Å². The smallest absolute Gasteiger partial charge is 0.300 e. The summed E-state index contributed by atoms with van der Waals surface area (Å²) in [7, 11) is 0. The Hall–Kier alpha value is -4.39. The van der Waals surface area contributed by atoms with Gasteiger partial charge in [0.15, 0.2) is 0 Å². The Morgan fingerprint density at radius 3 is 2.42 bits per heavy atom. The van der Waals surface area contributed by atoms with Crippen molar-refractivity contribution in [1.29, 1.82) is 0 Å². The van der Waals surface area contributed by atoms with E-state index in [1.165, 1.54) is 12.4 Å². The predicted octanol–water partition coefficient (Wildman–Crippen LogP) is 5.14. The Morgan fingerprint density at radius 1 is 0.909 bits per heavy atom. The van der Waals surface area contributed by atoms with E-state index in [9.17, 15) is 23.5 Å². The van der Waals surface area contributed by atoms with Crippen LogP contribution >= 0.6 is 0 Å². The third kappa shape index (κ3) is 3.34. The maximum atomic E-state index is 14.7. The van der Waals surface area contributed by atoms with Crippen molar-refractivity contribution in [3.05, 3.63) is 114 Å². The highest BCUT2D eigenvalue weighted by Gasteiger charge is 2.48. The second kappa shape index (κ2) is 7.94. The zero-order valence-electron chi connectivity index (χ0n) is 17.1. The number of carbonyl (C=O) groups excluding carboxylic acids is 2. The lowest BCUT2D eigenvalue weighted by Crippen LogP contribution is -2.30. The summed E-state index contributed by atoms with van der Waals surface area (Å²) >= 11 is 0. The van der Waals surface area contributed by atoms with Crippen molar-refractivity contribution in [2.45, 2.75) is 6.04 Å². The minimum Gasteiger partial charge on any atom is -0.507 e. The summed E-state index contributed by atoms with van der Waals surface area (Å²) in [5, 5.41) is 12.8. The molecule has 1 N–H and O–H groups in total. The van der Waals surface area contributed by atoms with Crippen LogP contribution in [0.3, 0.4) is 0 Å². The van der Waals surface area contributed by atoms with E-state index in [-0.39, 0.29) is 5.57 Å². The molecular weight excluding hydrogens is 426 g/mol. The highest BCUT2D eigenvalue weighted by molar-refractivity contribution is 6.51. The average Bonchev–Trinajstić information content (AvgIpc) is 3.10. The van der Waals surface area contributed by atoms with E-state index in [1.54, 1.807) is 36.4 Å². The topological polar surface area (TPSA) is 70.5 Å². The fourth-order valence-corrected chi connectivity index (χ4v) is 4.19. The molecule has 0 aliphatic carbocycles. The lowest BCUT2D eigenvalue weighted by molar-refractivity contribution is -0.132. The first-order valence-electron chi connectivity index (χ1n) is 10.1. The third-order valence-corrected chi connectivity index (χ3v) is 5.68. The molecule has 2 heterocycles. The second-order valence-corrected chi connectivity index (χ2v) is 7.57. The van der Waals surface area contributed by atoms with Crippen LogP contribution in [0.1, 0.15) is 17.2 Å². The molecule has 1 saturated heterocycles. The van der Waals surface area contributed by atoms with E-state index >= 15 is 0 Å². The van der Waals surface area contributed by atoms with Crippen LogP contribution in [-0.4, -0.2) is 21.8 Å². The number of halogens is 2. The highest BCUT2D eigenvalue weighted by atomic mass is 19.1. The van der Waals surface area contributed by atoms with E-state index in [0.29, 0.717) is 16.5 Å². The van der Waals surface area contributed by atoms with Crippen molar-refractivity contribution >= 4 is 33.9 Å². The predicted molar refractivity (Wildman–Crippen MR) is 119 cm³/mol. The Kier molecular flexibility index (Phi) is 4.94. The Morgan fingerprint density at radius 2 is 1.64 bits per heavy atom. The van der Waals surface area contributed by atoms with Crippen LogP contribution in [0.4, 0.5) is 14.5 Å². The molecule has 1 amide bonds. The van der Waals surface area contributed by atoms with Crippen LogP contribution in [-0.2, 0) is 9.59 Å². The second-order valence-electron chi connectivity index (χ2n) is 7.57. The van der Waals surface area contributed by atoms with Gasteiger partial charge in [0.1, 0.15) is 17.4 Å². The molecule has 0 radical (unpaired) electrons. The van der Waals surface area contributed by atoms with Crippen molar-refractivity contribution < 1.29 is 23.5 Å². The SMILES string of the molecule is O=C1C(=O)N(c2cc(F)ccc2F)C(c2ccncc2)/C1=C(/O)c1cccc2ccccc12. The first-order valence-corrected chi connectivity index (χ1v) is 10.1. The first-order chi connectivity index (χ1) is 16.0. The fourth-order valence-electron chi connectivity index (χ4n) is 4.19. The van der Waals surface area contributed by atoms with Gasteiger partial charge < -0.3 is 5.11 Å². The van der Waals surface area contributed by atoms with Gasteiger partial charge in [-0.3, -0.25) is 19.5 Å². The van der Waals surface area contributed by atoms with Gasteiger partial charge in [0.25, 0.3) is 11.7 Å². The zero-order chi connectivity index (χ0) is 23.1. The number of rotatable bonds is 3. The van der Waals surface area contributed by atoms with Gasteiger partial charge in [0, 0.05) is 24.0 Å². The number of benzene rings is 3. The lowest BCUT2D eigenvalue weighted by Gasteiger charge is -2.25. The maximum Gasteiger partial charge on any atom is 0.300 e. The van der Waals surface area contributed by atoms with Gasteiger partial charge in [0.05, 0.1) is 17.3 Å². The molecule has 3 aromatic carbocycles. The normalized spacial score (nSPS) is 17.6. The molecule has 162 valence electrons. The quantitative estimate of drug-likeness (QED) is 0.271. The number of anilines is 1. The molecule has 33 heavy (non-hydrogen) atoms. The van der Waals surface area contributed by atoms with E-state index in [0.717, 1.165) is 28.5 Å². The molecule has 1 aliphatic heterocycles. The number of ketones is 1. The number of carbonyl (C=O) groups is 2. The van der Waals surface area contributed by atoms with Crippen molar-refractivity contribution in [1.82, 2.24) is 4.98 Å². The van der Waals surface area contributed by atoms with Crippen molar-refractivity contribution in [2.75, 3.05) is 4.90 Å². The Bertz CT molecular complexity index is 1450. The minimum absolute atomic E-state index is 0.216. The molecule has 0 spiro atoms. The van der Waals surface area contributed by atoms with Crippen LogP contribution in [0.2, 0.25) is 0 Å². The van der Waals surface area contributed by atoms with Crippen molar-refractivity contribution in [3.8, 4) is 0 Å². The zero-order valence-corrected chi connectivity index (χ0v) is 17.1. The molecule has 5 rings (SSSR count). The standard InChI is InChI=1S/C26H16F2N2O3/c27-17-8-9-20(28)21(14-17)30-23(16-10-12-29-13-11-16)22(25(32)26(30)33)24(31)19-7-3-5-15-4-1-2-6-18(15)19/h1-14,23,31H/b24-22-. The molecule has 1 aliphatic rings. The van der Waals surface area contributed by atoms with Crippen LogP contribution in [0.5, 0.6) is 0 Å². The fraction of sp³-hybridized carbons (Fsp3) is 0.0385. The number of nitrogens with zero attached hydrogens (tertiary/aromatic N) is 2. The first kappa shape index (κ1) is 20.5. The monoisotopic (exact) mass is 442 g/mol. The number of pyridine rings is 1. The summed E-state index contributed by atoms with van der Waals surface area (Å²) < 4.78 is 28.7. The third-order valence-electron chi connectivity index (χ3n) is 5.68. The Labute approximate surface area is 187 Å². The van der Waals surface area contributed by atoms with E-state index in [1.807, 2.05) is 18.2 Å². The number of Topliss-reactive ketones (excluding diaryl/α,β-unsaturated/α-hetero) is 1. The highest BCUT2D eigenvalue weighted by Crippen LogP contribution is 2.43. The van der Waals surface area contributed by atoms with Crippen molar-refractivity contribution in [3.63, 3.8) is 0 Å². The van der Waals surface area contributed by atoms with Gasteiger partial charge in [-0.05, 0) is 40.6 Å². The Balaban J connectivity index is 1.80. The van der Waals surface area contributed by atoms with Gasteiger partial charge in [-0.15, -0.1) is 0 Å². The van der Waals surface area contributed by atoms with E-state index in [2.05, 4.69) is 4.98 Å². The summed E-state index contributed by atoms with van der Waals surface area (Å²) in [6.07, 6.45) is 2.91. The van der Waals surface area contributed by atoms with Gasteiger partial charge in [-0.2, -0.15) is 0 Å². The number of amides is 1. The van der Waals surface area contributed by atoms with Gasteiger partial charge in [-0.1, -0.05) is 42.5 Å². The minimum atomic E-state index is -1.18. The summed E-state index contributed by atoms with van der Waals surface area (Å²) in [6.45, 7) is 0. The number of aromatic nitrogens is 1. The summed E-state index contributed by atoms with van der Waals surface area (Å²) in [6, 6.07) is 17.1. The largest absolute Gasteiger partial charge is 0.507 e. The molecule has 0 saturated carbocycles. The van der Waals surface area contributed by atoms with Crippen LogP contribution in [0.25, 0.3) is 16.5 Å². The molecular formula is C26H16F2N2O3. The molecule has 1 atom stereocenters. The summed E-state index contributed by atoms with van der Waals surface area (Å²) in [5.41, 5.74) is 0.154. The molecule has 5 nitrogen and oxygen atoms in total. The van der Waals surface area contributed by atoms with Gasteiger partial charge in [0.2, 0.25) is 0 Å². The van der Waals surface area contributed by atoms with Gasteiger partial charge in [-0.25, -0.2) is 8.78 Å². The molecule has 1 aromatic heterocycles. The molecule has 4 aromatic rings. The number of fused-ring (bicyclic) bond motifs is 1. The number of hydrogen-bond donors (Lipinski definition) is 1. The molecule has 0 bridgehead atoms. The van der Waals surface area contributed by atoms with E-state index < -0.39 is 40.8 Å². The molecule has 1 fully saturated rings. The average molecular weight is 442 g/mol. The summed E-state index contributed by atoms with van der Waals surface area (Å²) in [4.78, 5) is 31.1. The molecule has 1 unspecified atom stereocenters. The molecule has 7 heteroatoms. The lowest BCUT2D eigenvalue weighted by atomic mass is 9.93.